The number of nitrogens with one attached hydrogen (secondary N) is 2. The summed E-state index contributed by atoms with van der Waals surface area (Å²) >= 11 is 0. The van der Waals surface area contributed by atoms with Crippen molar-refractivity contribution in [3.05, 3.63) is 64.7 Å². The molecule has 2 saturated heterocycles. The molecule has 0 unspecified atom stereocenters. The van der Waals surface area contributed by atoms with Gasteiger partial charge >= 0.3 is 0 Å². The van der Waals surface area contributed by atoms with Crippen molar-refractivity contribution >= 4 is 29.3 Å². The summed E-state index contributed by atoms with van der Waals surface area (Å²) in [7, 11) is 0. The minimum Gasteiger partial charge on any atom is -0.370 e. The second-order valence-corrected chi connectivity index (χ2v) is 9.18. The fourth-order valence-corrected chi connectivity index (χ4v) is 5.68. The number of carbonyl (C=O) groups excluding carboxylic acids is 4. The normalized spacial score (nSPS) is 27.8. The molecule has 8 nitrogen and oxygen atoms in total. The van der Waals surface area contributed by atoms with Crippen molar-refractivity contribution in [3.63, 3.8) is 0 Å². The molecule has 0 bridgehead atoms. The molecule has 3 aliphatic rings. The van der Waals surface area contributed by atoms with Gasteiger partial charge in [0.2, 0.25) is 23.6 Å². The predicted octanol–water partition coefficient (Wildman–Crippen LogP) is 1.14. The monoisotopic (exact) mass is 446 g/mol. The van der Waals surface area contributed by atoms with Gasteiger partial charge in [-0.2, -0.15) is 0 Å². The largest absolute Gasteiger partial charge is 0.370 e. The van der Waals surface area contributed by atoms with Gasteiger partial charge in [0.05, 0.1) is 11.8 Å². The Labute approximate surface area is 191 Å². The molecule has 2 fully saturated rings. The molecule has 4 atom stereocenters. The van der Waals surface area contributed by atoms with Crippen LogP contribution in [0.3, 0.4) is 0 Å². The highest BCUT2D eigenvalue weighted by molar-refractivity contribution is 6.15. The first-order chi connectivity index (χ1) is 15.8. The second kappa shape index (κ2) is 7.52. The van der Waals surface area contributed by atoms with E-state index in [-0.39, 0.29) is 30.7 Å². The molecule has 170 valence electrons. The van der Waals surface area contributed by atoms with E-state index < -0.39 is 29.3 Å². The minimum atomic E-state index is -1.41. The van der Waals surface area contributed by atoms with Crippen molar-refractivity contribution in [2.75, 3.05) is 11.9 Å². The molecule has 3 aliphatic heterocycles. The lowest BCUT2D eigenvalue weighted by Gasteiger charge is -2.29. The van der Waals surface area contributed by atoms with Crippen LogP contribution in [0, 0.1) is 25.7 Å². The SMILES string of the molecule is Cc1ccc2c(c1C)NC(=O)[C@]21N[C@@H](CC(N)=O)[C@H]2C(=O)N(CCc3ccccc3)C(=O)[C@H]21. The topological polar surface area (TPSA) is 122 Å². The summed E-state index contributed by atoms with van der Waals surface area (Å²) in [5.41, 5.74) is 8.29. The lowest BCUT2D eigenvalue weighted by molar-refractivity contribution is -0.142. The number of nitrogens with zero attached hydrogens (tertiary/aromatic N) is 1. The highest BCUT2D eigenvalue weighted by Crippen LogP contribution is 2.54. The molecule has 0 radical (unpaired) electrons. The van der Waals surface area contributed by atoms with Crippen LogP contribution < -0.4 is 16.4 Å². The van der Waals surface area contributed by atoms with Gasteiger partial charge in [-0.1, -0.05) is 42.5 Å². The molecule has 1 spiro atoms. The third-order valence-corrected chi connectivity index (χ3v) is 7.40. The predicted molar refractivity (Wildman–Crippen MR) is 121 cm³/mol. The quantitative estimate of drug-likeness (QED) is 0.595. The lowest BCUT2D eigenvalue weighted by atomic mass is 9.76. The van der Waals surface area contributed by atoms with Crippen LogP contribution in [0.5, 0.6) is 0 Å². The number of nitrogens with two attached hydrogens (primary N) is 1. The smallest absolute Gasteiger partial charge is 0.250 e. The second-order valence-electron chi connectivity index (χ2n) is 9.18. The zero-order valence-electron chi connectivity index (χ0n) is 18.6. The van der Waals surface area contributed by atoms with Crippen molar-refractivity contribution in [1.82, 2.24) is 10.2 Å². The number of likely N-dealkylation sites (tertiary alicyclic amines) is 1. The van der Waals surface area contributed by atoms with Crippen LogP contribution in [-0.2, 0) is 31.1 Å². The van der Waals surface area contributed by atoms with E-state index in [4.69, 9.17) is 5.73 Å². The number of fused-ring (bicyclic) bond motifs is 4. The molecule has 3 heterocycles. The van der Waals surface area contributed by atoms with Gasteiger partial charge in [0.1, 0.15) is 5.54 Å². The number of aryl methyl sites for hydroxylation is 1. The van der Waals surface area contributed by atoms with E-state index in [2.05, 4.69) is 10.6 Å². The first-order valence-electron chi connectivity index (χ1n) is 11.1. The third kappa shape index (κ3) is 3.01. The fourth-order valence-electron chi connectivity index (χ4n) is 5.68. The molecule has 8 heteroatoms. The number of benzene rings is 2. The maximum Gasteiger partial charge on any atom is 0.250 e. The van der Waals surface area contributed by atoms with Crippen LogP contribution in [0.15, 0.2) is 42.5 Å². The third-order valence-electron chi connectivity index (χ3n) is 7.40. The Morgan fingerprint density at radius 1 is 1.06 bits per heavy atom. The molecule has 33 heavy (non-hydrogen) atoms. The molecular weight excluding hydrogens is 420 g/mol. The van der Waals surface area contributed by atoms with Crippen LogP contribution >= 0.6 is 0 Å². The Morgan fingerprint density at radius 2 is 1.79 bits per heavy atom. The Bertz CT molecular complexity index is 1190. The summed E-state index contributed by atoms with van der Waals surface area (Å²) in [6.45, 7) is 4.08. The molecule has 0 aliphatic carbocycles. The number of primary amides is 1. The Kier molecular flexibility index (Phi) is 4.86. The van der Waals surface area contributed by atoms with E-state index >= 15 is 0 Å². The highest BCUT2D eigenvalue weighted by atomic mass is 16.2. The number of hydrogen-bond donors (Lipinski definition) is 3. The zero-order valence-corrected chi connectivity index (χ0v) is 18.6. The number of amides is 4. The average molecular weight is 447 g/mol. The van der Waals surface area contributed by atoms with Crippen molar-refractivity contribution in [3.8, 4) is 0 Å². The molecule has 4 N–H and O–H groups in total. The zero-order chi connectivity index (χ0) is 23.5. The maximum absolute atomic E-state index is 13.7. The summed E-state index contributed by atoms with van der Waals surface area (Å²) in [4.78, 5) is 53.7. The van der Waals surface area contributed by atoms with E-state index in [9.17, 15) is 19.2 Å². The van der Waals surface area contributed by atoms with E-state index in [1.807, 2.05) is 56.3 Å². The van der Waals surface area contributed by atoms with Gasteiger partial charge in [-0.3, -0.25) is 29.4 Å². The number of carbonyl (C=O) groups is 4. The van der Waals surface area contributed by atoms with Gasteiger partial charge in [0.15, 0.2) is 0 Å². The molecule has 0 aromatic heterocycles. The summed E-state index contributed by atoms with van der Waals surface area (Å²) in [5.74, 6) is -3.49. The summed E-state index contributed by atoms with van der Waals surface area (Å²) < 4.78 is 0. The van der Waals surface area contributed by atoms with Gasteiger partial charge in [-0.05, 0) is 37.0 Å². The van der Waals surface area contributed by atoms with E-state index in [1.165, 1.54) is 4.90 Å². The molecule has 4 amide bonds. The molecule has 5 rings (SSSR count). The highest BCUT2D eigenvalue weighted by Gasteiger charge is 2.70. The summed E-state index contributed by atoms with van der Waals surface area (Å²) in [6, 6.07) is 12.6. The molecule has 0 saturated carbocycles. The van der Waals surface area contributed by atoms with Crippen molar-refractivity contribution in [2.45, 2.75) is 38.3 Å². The Morgan fingerprint density at radius 3 is 2.48 bits per heavy atom. The Balaban J connectivity index is 1.56. The van der Waals surface area contributed by atoms with Crippen LogP contribution in [0.1, 0.15) is 28.7 Å². The van der Waals surface area contributed by atoms with Crippen LogP contribution in [0.2, 0.25) is 0 Å². The lowest BCUT2D eigenvalue weighted by Crippen LogP contribution is -2.53. The Hall–Kier alpha value is -3.52. The number of rotatable bonds is 5. The summed E-state index contributed by atoms with van der Waals surface area (Å²) in [5, 5.41) is 6.16. The average Bonchev–Trinajstić information content (AvgIpc) is 3.35. The maximum atomic E-state index is 13.7. The van der Waals surface area contributed by atoms with Gasteiger partial charge in [0, 0.05) is 30.3 Å². The van der Waals surface area contributed by atoms with Crippen molar-refractivity contribution in [1.29, 1.82) is 0 Å². The fraction of sp³-hybridized carbons (Fsp3) is 0.360. The van der Waals surface area contributed by atoms with Crippen molar-refractivity contribution < 1.29 is 19.2 Å². The van der Waals surface area contributed by atoms with E-state index in [0.717, 1.165) is 16.7 Å². The van der Waals surface area contributed by atoms with E-state index in [1.54, 1.807) is 0 Å². The summed E-state index contributed by atoms with van der Waals surface area (Å²) in [6.07, 6.45) is 0.377. The van der Waals surface area contributed by atoms with Gasteiger partial charge < -0.3 is 11.1 Å². The van der Waals surface area contributed by atoms with Crippen molar-refractivity contribution in [2.24, 2.45) is 17.6 Å². The van der Waals surface area contributed by atoms with Crippen LogP contribution in [0.25, 0.3) is 0 Å². The van der Waals surface area contributed by atoms with E-state index in [0.29, 0.717) is 17.7 Å². The number of anilines is 1. The molecular formula is C25H26N4O4. The van der Waals surface area contributed by atoms with Crippen LogP contribution in [0.4, 0.5) is 5.69 Å². The number of hydrogen-bond acceptors (Lipinski definition) is 5. The molecule has 2 aromatic rings. The minimum absolute atomic E-state index is 0.137. The first kappa shape index (κ1) is 21.3. The standard InChI is InChI=1S/C25H26N4O4/c1-13-8-9-16-21(14(13)2)27-24(33)25(16)20-19(17(28-25)12-18(26)30)22(31)29(23(20)32)11-10-15-6-4-3-5-7-15/h3-9,17,19-20,28H,10-12H2,1-2H3,(H2,26,30)(H,27,33)/t17-,19+,20-,25-/m0/s1. The first-order valence-corrected chi connectivity index (χ1v) is 11.1. The van der Waals surface area contributed by atoms with Gasteiger partial charge in [-0.15, -0.1) is 0 Å². The number of imide groups is 1. The molecule has 2 aromatic carbocycles. The van der Waals surface area contributed by atoms with Gasteiger partial charge in [0.25, 0.3) is 0 Å². The van der Waals surface area contributed by atoms with Crippen LogP contribution in [-0.4, -0.2) is 41.1 Å². The van der Waals surface area contributed by atoms with Gasteiger partial charge in [-0.25, -0.2) is 0 Å².